The summed E-state index contributed by atoms with van der Waals surface area (Å²) in [7, 11) is 0. The van der Waals surface area contributed by atoms with Crippen molar-refractivity contribution < 1.29 is 9.84 Å². The summed E-state index contributed by atoms with van der Waals surface area (Å²) in [4.78, 5) is 2.43. The molecule has 1 aromatic carbocycles. The van der Waals surface area contributed by atoms with Crippen LogP contribution in [0.15, 0.2) is 24.3 Å². The molecule has 4 heteroatoms. The molecule has 3 rings (SSSR count). The highest BCUT2D eigenvalue weighted by molar-refractivity contribution is 5.83. The normalized spacial score (nSPS) is 17.1. The van der Waals surface area contributed by atoms with Gasteiger partial charge in [-0.3, -0.25) is 4.90 Å². The average Bonchev–Trinajstić information content (AvgIpc) is 2.76. The minimum absolute atomic E-state index is 0.330. The van der Waals surface area contributed by atoms with Gasteiger partial charge in [0, 0.05) is 42.3 Å². The molecule has 1 saturated heterocycles. The Morgan fingerprint density at radius 2 is 1.95 bits per heavy atom. The van der Waals surface area contributed by atoms with E-state index in [9.17, 15) is 5.11 Å². The van der Waals surface area contributed by atoms with Crippen molar-refractivity contribution in [1.82, 2.24) is 9.47 Å². The van der Waals surface area contributed by atoms with Crippen molar-refractivity contribution in [3.8, 4) is 5.75 Å². The van der Waals surface area contributed by atoms with E-state index < -0.39 is 0 Å². The van der Waals surface area contributed by atoms with Crippen molar-refractivity contribution in [3.05, 3.63) is 30.0 Å². The number of aromatic nitrogens is 1. The molecule has 20 heavy (non-hydrogen) atoms. The second kappa shape index (κ2) is 5.46. The van der Waals surface area contributed by atoms with Gasteiger partial charge in [-0.25, -0.2) is 0 Å². The van der Waals surface area contributed by atoms with Gasteiger partial charge in [0.15, 0.2) is 0 Å². The Morgan fingerprint density at radius 1 is 1.20 bits per heavy atom. The molecule has 1 aromatic heterocycles. The van der Waals surface area contributed by atoms with E-state index in [0.29, 0.717) is 11.8 Å². The smallest absolute Gasteiger partial charge is 0.116 e. The molecule has 1 fully saturated rings. The summed E-state index contributed by atoms with van der Waals surface area (Å²) in [6.07, 6.45) is 0. The summed E-state index contributed by atoms with van der Waals surface area (Å²) in [5.41, 5.74) is 2.50. The van der Waals surface area contributed by atoms with Crippen LogP contribution in [0.1, 0.15) is 25.6 Å². The molecule has 0 atom stereocenters. The van der Waals surface area contributed by atoms with Crippen LogP contribution in [0.25, 0.3) is 10.9 Å². The molecular weight excluding hydrogens is 252 g/mol. The third kappa shape index (κ3) is 2.53. The maximum absolute atomic E-state index is 9.65. The highest BCUT2D eigenvalue weighted by Gasteiger charge is 2.16. The van der Waals surface area contributed by atoms with Gasteiger partial charge < -0.3 is 14.4 Å². The molecular formula is C16H22N2O2. The van der Waals surface area contributed by atoms with Gasteiger partial charge >= 0.3 is 0 Å². The van der Waals surface area contributed by atoms with E-state index >= 15 is 0 Å². The molecule has 0 bridgehead atoms. The van der Waals surface area contributed by atoms with Crippen molar-refractivity contribution in [2.75, 3.05) is 26.3 Å². The standard InChI is InChI=1S/C16H22N2O2/c1-12(2)18-14(11-17-5-7-20-8-6-17)9-13-10-15(19)3-4-16(13)18/h3-4,9-10,12,19H,5-8,11H2,1-2H3. The molecule has 4 nitrogen and oxygen atoms in total. The number of hydrogen-bond acceptors (Lipinski definition) is 3. The highest BCUT2D eigenvalue weighted by Crippen LogP contribution is 2.28. The van der Waals surface area contributed by atoms with Crippen molar-refractivity contribution in [2.45, 2.75) is 26.4 Å². The molecule has 1 aliphatic heterocycles. The molecule has 0 spiro atoms. The van der Waals surface area contributed by atoms with Crippen LogP contribution in [-0.4, -0.2) is 40.9 Å². The lowest BCUT2D eigenvalue weighted by atomic mass is 10.2. The predicted octanol–water partition coefficient (Wildman–Crippen LogP) is 2.76. The van der Waals surface area contributed by atoms with Crippen molar-refractivity contribution in [2.24, 2.45) is 0 Å². The third-order valence-electron chi connectivity index (χ3n) is 3.91. The minimum Gasteiger partial charge on any atom is -0.508 e. The number of morpholine rings is 1. The number of nitrogens with zero attached hydrogens (tertiary/aromatic N) is 2. The lowest BCUT2D eigenvalue weighted by Gasteiger charge is -2.27. The van der Waals surface area contributed by atoms with Crippen LogP contribution in [0.3, 0.4) is 0 Å². The van der Waals surface area contributed by atoms with Crippen LogP contribution in [0.4, 0.5) is 0 Å². The molecule has 0 unspecified atom stereocenters. The summed E-state index contributed by atoms with van der Waals surface area (Å²) in [5.74, 6) is 0.330. The monoisotopic (exact) mass is 274 g/mol. The van der Waals surface area contributed by atoms with Gasteiger partial charge in [0.2, 0.25) is 0 Å². The topological polar surface area (TPSA) is 37.6 Å². The number of rotatable bonds is 3. The fourth-order valence-corrected chi connectivity index (χ4v) is 3.00. The molecule has 1 N–H and O–H groups in total. The fourth-order valence-electron chi connectivity index (χ4n) is 3.00. The molecule has 108 valence electrons. The van der Waals surface area contributed by atoms with E-state index in [1.807, 2.05) is 12.1 Å². The van der Waals surface area contributed by atoms with Crippen LogP contribution in [0.5, 0.6) is 5.75 Å². The quantitative estimate of drug-likeness (QED) is 0.935. The zero-order valence-electron chi connectivity index (χ0n) is 12.2. The first-order valence-electron chi connectivity index (χ1n) is 7.28. The lowest BCUT2D eigenvalue weighted by Crippen LogP contribution is -2.36. The maximum atomic E-state index is 9.65. The molecule has 0 aliphatic carbocycles. The zero-order chi connectivity index (χ0) is 14.1. The van der Waals surface area contributed by atoms with Crippen LogP contribution >= 0.6 is 0 Å². The maximum Gasteiger partial charge on any atom is 0.116 e. The number of aromatic hydroxyl groups is 1. The van der Waals surface area contributed by atoms with Crippen LogP contribution in [0, 0.1) is 0 Å². The number of phenols is 1. The average molecular weight is 274 g/mol. The molecule has 0 radical (unpaired) electrons. The van der Waals surface area contributed by atoms with Gasteiger partial charge in [-0.2, -0.15) is 0 Å². The number of hydrogen-bond donors (Lipinski definition) is 1. The Morgan fingerprint density at radius 3 is 2.65 bits per heavy atom. The lowest BCUT2D eigenvalue weighted by molar-refractivity contribution is 0.0331. The highest BCUT2D eigenvalue weighted by atomic mass is 16.5. The molecule has 2 aromatic rings. The number of ether oxygens (including phenoxy) is 1. The Balaban J connectivity index is 1.97. The number of phenolic OH excluding ortho intramolecular Hbond substituents is 1. The molecule has 0 amide bonds. The second-order valence-corrected chi connectivity index (χ2v) is 5.73. The van der Waals surface area contributed by atoms with Crippen molar-refractivity contribution in [3.63, 3.8) is 0 Å². The third-order valence-corrected chi connectivity index (χ3v) is 3.91. The summed E-state index contributed by atoms with van der Waals surface area (Å²) in [5, 5.41) is 10.8. The Hall–Kier alpha value is -1.52. The number of fused-ring (bicyclic) bond motifs is 1. The minimum atomic E-state index is 0.330. The van der Waals surface area contributed by atoms with E-state index in [4.69, 9.17) is 4.74 Å². The first kappa shape index (κ1) is 13.5. The van der Waals surface area contributed by atoms with Gasteiger partial charge in [-0.15, -0.1) is 0 Å². The van der Waals surface area contributed by atoms with E-state index in [-0.39, 0.29) is 0 Å². The van der Waals surface area contributed by atoms with E-state index in [1.165, 1.54) is 11.2 Å². The first-order chi connectivity index (χ1) is 9.65. The first-order valence-corrected chi connectivity index (χ1v) is 7.28. The van der Waals surface area contributed by atoms with Crippen molar-refractivity contribution in [1.29, 1.82) is 0 Å². The zero-order valence-corrected chi connectivity index (χ0v) is 12.2. The predicted molar refractivity (Wildman–Crippen MR) is 80.1 cm³/mol. The van der Waals surface area contributed by atoms with E-state index in [2.05, 4.69) is 29.4 Å². The van der Waals surface area contributed by atoms with Gasteiger partial charge in [0.1, 0.15) is 5.75 Å². The van der Waals surface area contributed by atoms with Gasteiger partial charge in [-0.05, 0) is 38.1 Å². The van der Waals surface area contributed by atoms with Crippen LogP contribution in [0.2, 0.25) is 0 Å². The van der Waals surface area contributed by atoms with Gasteiger partial charge in [0.05, 0.1) is 13.2 Å². The van der Waals surface area contributed by atoms with E-state index in [1.54, 1.807) is 6.07 Å². The van der Waals surface area contributed by atoms with Gasteiger partial charge in [-0.1, -0.05) is 0 Å². The summed E-state index contributed by atoms with van der Waals surface area (Å²) < 4.78 is 7.77. The summed E-state index contributed by atoms with van der Waals surface area (Å²) >= 11 is 0. The van der Waals surface area contributed by atoms with Crippen LogP contribution in [-0.2, 0) is 11.3 Å². The molecule has 2 heterocycles. The van der Waals surface area contributed by atoms with Crippen LogP contribution < -0.4 is 0 Å². The number of benzene rings is 1. The van der Waals surface area contributed by atoms with Crippen molar-refractivity contribution >= 4 is 10.9 Å². The molecule has 0 saturated carbocycles. The largest absolute Gasteiger partial charge is 0.508 e. The molecule has 1 aliphatic rings. The Labute approximate surface area is 119 Å². The van der Waals surface area contributed by atoms with E-state index in [0.717, 1.165) is 38.2 Å². The Bertz CT molecular complexity index is 598. The summed E-state index contributed by atoms with van der Waals surface area (Å²) in [6, 6.07) is 8.22. The summed E-state index contributed by atoms with van der Waals surface area (Å²) in [6.45, 7) is 8.97. The fraction of sp³-hybridized carbons (Fsp3) is 0.500. The second-order valence-electron chi connectivity index (χ2n) is 5.73. The Kier molecular flexibility index (Phi) is 3.68. The van der Waals surface area contributed by atoms with Gasteiger partial charge in [0.25, 0.3) is 0 Å². The SMILES string of the molecule is CC(C)n1c(CN2CCOCC2)cc2cc(O)ccc21.